The fraction of sp³-hybridized carbons (Fsp3) is 0.467. The summed E-state index contributed by atoms with van der Waals surface area (Å²) in [6, 6.07) is 7.86. The van der Waals surface area contributed by atoms with Gasteiger partial charge in [-0.1, -0.05) is 5.21 Å². The molecule has 0 amide bonds. The predicted octanol–water partition coefficient (Wildman–Crippen LogP) is 2.55. The van der Waals surface area contributed by atoms with Crippen LogP contribution in [0.1, 0.15) is 33.4 Å². The lowest BCUT2D eigenvalue weighted by atomic mass is 10.1. The summed E-state index contributed by atoms with van der Waals surface area (Å²) < 4.78 is 7.28. The van der Waals surface area contributed by atoms with Crippen molar-refractivity contribution in [1.29, 1.82) is 0 Å². The van der Waals surface area contributed by atoms with Crippen LogP contribution in [0.4, 0.5) is 0 Å². The van der Waals surface area contributed by atoms with Gasteiger partial charge in [-0.3, -0.25) is 0 Å². The van der Waals surface area contributed by atoms with Crippen molar-refractivity contribution in [2.45, 2.75) is 39.8 Å². The molecule has 20 heavy (non-hydrogen) atoms. The number of hydrogen-bond donors (Lipinski definition) is 1. The summed E-state index contributed by atoms with van der Waals surface area (Å²) >= 11 is 0. The molecule has 1 heterocycles. The molecular formula is C15H22N4O. The van der Waals surface area contributed by atoms with Gasteiger partial charge in [0.25, 0.3) is 0 Å². The van der Waals surface area contributed by atoms with Gasteiger partial charge in [-0.15, -0.1) is 5.10 Å². The SMILES string of the molecule is CCOc1ccc(-n2nncc2CNC(C)(C)C)cc1. The highest BCUT2D eigenvalue weighted by Crippen LogP contribution is 2.16. The van der Waals surface area contributed by atoms with Gasteiger partial charge in [0.2, 0.25) is 0 Å². The topological polar surface area (TPSA) is 52.0 Å². The molecule has 2 rings (SSSR count). The van der Waals surface area contributed by atoms with Crippen LogP contribution in [0, 0.1) is 0 Å². The number of benzene rings is 1. The minimum Gasteiger partial charge on any atom is -0.494 e. The third-order valence-electron chi connectivity index (χ3n) is 2.81. The first kappa shape index (κ1) is 14.5. The Bertz CT molecular complexity index is 540. The minimum absolute atomic E-state index is 0.0634. The lowest BCUT2D eigenvalue weighted by Crippen LogP contribution is -2.35. The Morgan fingerprint density at radius 1 is 1.20 bits per heavy atom. The average Bonchev–Trinajstić information content (AvgIpc) is 2.85. The van der Waals surface area contributed by atoms with E-state index < -0.39 is 0 Å². The molecule has 0 aliphatic rings. The molecule has 0 aliphatic heterocycles. The lowest BCUT2D eigenvalue weighted by Gasteiger charge is -2.20. The normalized spacial score (nSPS) is 11.6. The van der Waals surface area contributed by atoms with Gasteiger partial charge < -0.3 is 10.1 Å². The Hall–Kier alpha value is -1.88. The number of nitrogens with zero attached hydrogens (tertiary/aromatic N) is 3. The minimum atomic E-state index is 0.0634. The molecule has 2 aromatic rings. The van der Waals surface area contributed by atoms with Crippen LogP contribution in [0.15, 0.2) is 30.5 Å². The molecule has 0 radical (unpaired) electrons. The molecule has 1 aromatic heterocycles. The Morgan fingerprint density at radius 2 is 1.90 bits per heavy atom. The highest BCUT2D eigenvalue weighted by molar-refractivity contribution is 5.37. The molecule has 0 bridgehead atoms. The number of rotatable bonds is 5. The summed E-state index contributed by atoms with van der Waals surface area (Å²) in [5, 5.41) is 11.6. The molecule has 0 fully saturated rings. The largest absolute Gasteiger partial charge is 0.494 e. The predicted molar refractivity (Wildman–Crippen MR) is 79.1 cm³/mol. The molecule has 0 saturated carbocycles. The van der Waals surface area contributed by atoms with Crippen molar-refractivity contribution < 1.29 is 4.74 Å². The number of hydrogen-bond acceptors (Lipinski definition) is 4. The second-order valence-electron chi connectivity index (χ2n) is 5.67. The van der Waals surface area contributed by atoms with Crippen LogP contribution >= 0.6 is 0 Å². The number of nitrogens with one attached hydrogen (secondary N) is 1. The zero-order valence-electron chi connectivity index (χ0n) is 12.6. The van der Waals surface area contributed by atoms with E-state index in [1.807, 2.05) is 35.9 Å². The highest BCUT2D eigenvalue weighted by atomic mass is 16.5. The Balaban J connectivity index is 2.14. The van der Waals surface area contributed by atoms with Crippen LogP contribution in [0.5, 0.6) is 5.75 Å². The van der Waals surface area contributed by atoms with E-state index in [0.717, 1.165) is 23.7 Å². The molecule has 0 unspecified atom stereocenters. The fourth-order valence-corrected chi connectivity index (χ4v) is 1.80. The number of ether oxygens (including phenoxy) is 1. The first-order valence-corrected chi connectivity index (χ1v) is 6.87. The van der Waals surface area contributed by atoms with E-state index in [2.05, 4.69) is 36.4 Å². The molecule has 108 valence electrons. The van der Waals surface area contributed by atoms with E-state index in [1.165, 1.54) is 0 Å². The van der Waals surface area contributed by atoms with Gasteiger partial charge in [0, 0.05) is 12.1 Å². The quantitative estimate of drug-likeness (QED) is 0.910. The van der Waals surface area contributed by atoms with Crippen molar-refractivity contribution >= 4 is 0 Å². The van der Waals surface area contributed by atoms with Crippen molar-refractivity contribution in [3.05, 3.63) is 36.2 Å². The van der Waals surface area contributed by atoms with Gasteiger partial charge in [-0.2, -0.15) is 0 Å². The van der Waals surface area contributed by atoms with Crippen LogP contribution in [-0.4, -0.2) is 27.1 Å². The zero-order valence-corrected chi connectivity index (χ0v) is 12.6. The second-order valence-corrected chi connectivity index (χ2v) is 5.67. The van der Waals surface area contributed by atoms with E-state index in [1.54, 1.807) is 6.20 Å². The highest BCUT2D eigenvalue weighted by Gasteiger charge is 2.12. The molecule has 5 nitrogen and oxygen atoms in total. The van der Waals surface area contributed by atoms with E-state index in [-0.39, 0.29) is 5.54 Å². The monoisotopic (exact) mass is 274 g/mol. The van der Waals surface area contributed by atoms with E-state index in [0.29, 0.717) is 6.61 Å². The molecule has 5 heteroatoms. The maximum atomic E-state index is 5.44. The molecule has 0 spiro atoms. The first-order valence-electron chi connectivity index (χ1n) is 6.87. The van der Waals surface area contributed by atoms with Crippen molar-refractivity contribution in [3.8, 4) is 11.4 Å². The maximum Gasteiger partial charge on any atom is 0.119 e. The summed E-state index contributed by atoms with van der Waals surface area (Å²) in [7, 11) is 0. The Morgan fingerprint density at radius 3 is 2.50 bits per heavy atom. The lowest BCUT2D eigenvalue weighted by molar-refractivity contribution is 0.340. The van der Waals surface area contributed by atoms with Crippen molar-refractivity contribution in [1.82, 2.24) is 20.3 Å². The van der Waals surface area contributed by atoms with E-state index in [4.69, 9.17) is 4.74 Å². The van der Waals surface area contributed by atoms with Gasteiger partial charge in [0.1, 0.15) is 5.75 Å². The number of aromatic nitrogens is 3. The molecule has 1 N–H and O–H groups in total. The summed E-state index contributed by atoms with van der Waals surface area (Å²) in [6.45, 7) is 9.78. The summed E-state index contributed by atoms with van der Waals surface area (Å²) in [4.78, 5) is 0. The van der Waals surface area contributed by atoms with Crippen molar-refractivity contribution in [3.63, 3.8) is 0 Å². The van der Waals surface area contributed by atoms with E-state index >= 15 is 0 Å². The maximum absolute atomic E-state index is 5.44. The molecular weight excluding hydrogens is 252 g/mol. The summed E-state index contributed by atoms with van der Waals surface area (Å²) in [5.74, 6) is 0.866. The molecule has 0 atom stereocenters. The summed E-state index contributed by atoms with van der Waals surface area (Å²) in [6.07, 6.45) is 1.79. The Kier molecular flexibility index (Phi) is 4.39. The smallest absolute Gasteiger partial charge is 0.119 e. The van der Waals surface area contributed by atoms with Gasteiger partial charge in [0.15, 0.2) is 0 Å². The average molecular weight is 274 g/mol. The van der Waals surface area contributed by atoms with Crippen LogP contribution in [0.2, 0.25) is 0 Å². The summed E-state index contributed by atoms with van der Waals surface area (Å²) in [5.41, 5.74) is 2.08. The molecule has 0 aliphatic carbocycles. The van der Waals surface area contributed by atoms with Crippen LogP contribution in [0.25, 0.3) is 5.69 Å². The molecule has 1 aromatic carbocycles. The van der Waals surface area contributed by atoms with Gasteiger partial charge in [-0.05, 0) is 52.0 Å². The zero-order chi connectivity index (χ0) is 14.6. The van der Waals surface area contributed by atoms with Crippen LogP contribution in [0.3, 0.4) is 0 Å². The van der Waals surface area contributed by atoms with Gasteiger partial charge >= 0.3 is 0 Å². The molecule has 0 saturated heterocycles. The fourth-order valence-electron chi connectivity index (χ4n) is 1.80. The van der Waals surface area contributed by atoms with Crippen LogP contribution in [-0.2, 0) is 6.54 Å². The van der Waals surface area contributed by atoms with Crippen molar-refractivity contribution in [2.75, 3.05) is 6.61 Å². The van der Waals surface area contributed by atoms with Gasteiger partial charge in [-0.25, -0.2) is 4.68 Å². The third kappa shape index (κ3) is 3.81. The van der Waals surface area contributed by atoms with Crippen LogP contribution < -0.4 is 10.1 Å². The standard InChI is InChI=1S/C15H22N4O/c1-5-20-14-8-6-12(7-9-14)19-13(11-17-18-19)10-16-15(2,3)4/h6-9,11,16H,5,10H2,1-4H3. The van der Waals surface area contributed by atoms with E-state index in [9.17, 15) is 0 Å². The second kappa shape index (κ2) is 6.05. The van der Waals surface area contributed by atoms with Crippen molar-refractivity contribution in [2.24, 2.45) is 0 Å². The third-order valence-corrected chi connectivity index (χ3v) is 2.81. The first-order chi connectivity index (χ1) is 9.49. The Labute approximate surface area is 120 Å². The van der Waals surface area contributed by atoms with Gasteiger partial charge in [0.05, 0.1) is 24.2 Å².